The van der Waals surface area contributed by atoms with Gasteiger partial charge in [0, 0.05) is 24.5 Å². The van der Waals surface area contributed by atoms with Gasteiger partial charge >= 0.3 is 0 Å². The molecule has 1 aliphatic rings. The number of hydrogen-bond donors (Lipinski definition) is 0. The van der Waals surface area contributed by atoms with E-state index in [-0.39, 0.29) is 11.9 Å². The summed E-state index contributed by atoms with van der Waals surface area (Å²) in [7, 11) is 1.62. The molecule has 0 spiro atoms. The lowest BCUT2D eigenvalue weighted by Gasteiger charge is -2.21. The van der Waals surface area contributed by atoms with Crippen molar-refractivity contribution in [1.29, 1.82) is 0 Å². The first-order chi connectivity index (χ1) is 12.8. The smallest absolute Gasteiger partial charge is 0.274 e. The first-order valence-electron chi connectivity index (χ1n) is 8.31. The van der Waals surface area contributed by atoms with E-state index >= 15 is 0 Å². The van der Waals surface area contributed by atoms with E-state index in [2.05, 4.69) is 20.1 Å². The first kappa shape index (κ1) is 16.2. The number of hydrogen-bond acceptors (Lipinski definition) is 7. The van der Waals surface area contributed by atoms with E-state index < -0.39 is 0 Å². The Morgan fingerprint density at radius 3 is 2.85 bits per heavy atom. The Labute approximate surface area is 149 Å². The highest BCUT2D eigenvalue weighted by Gasteiger charge is 2.35. The number of aromatic nitrogens is 4. The maximum absolute atomic E-state index is 12.7. The molecule has 1 fully saturated rings. The number of amides is 1. The summed E-state index contributed by atoms with van der Waals surface area (Å²) in [6.45, 7) is 0.625. The molecule has 1 saturated heterocycles. The molecule has 8 nitrogen and oxygen atoms in total. The topological polar surface area (TPSA) is 94.2 Å². The number of methoxy groups -OCH3 is 1. The standard InChI is InChI=1S/C18H17N5O3/c1-25-13-6-4-12(5-7-13)16-21-17(26-22-16)15-3-2-10-23(15)18(24)14-11-19-8-9-20-14/h4-9,11,15H,2-3,10H2,1H3/t15-/m0/s1. The highest BCUT2D eigenvalue weighted by Crippen LogP contribution is 2.33. The molecule has 0 saturated carbocycles. The van der Waals surface area contributed by atoms with Gasteiger partial charge in [0.15, 0.2) is 0 Å². The molecule has 1 aromatic carbocycles. The Balaban J connectivity index is 1.57. The van der Waals surface area contributed by atoms with Crippen molar-refractivity contribution in [2.75, 3.05) is 13.7 Å². The second-order valence-electron chi connectivity index (χ2n) is 5.93. The summed E-state index contributed by atoms with van der Waals surface area (Å²) in [6, 6.07) is 7.16. The molecule has 3 heterocycles. The van der Waals surface area contributed by atoms with Crippen LogP contribution >= 0.6 is 0 Å². The van der Waals surface area contributed by atoms with Crippen molar-refractivity contribution in [3.05, 3.63) is 54.4 Å². The fourth-order valence-corrected chi connectivity index (χ4v) is 3.05. The molecule has 8 heteroatoms. The van der Waals surface area contributed by atoms with Gasteiger partial charge in [0.1, 0.15) is 17.5 Å². The van der Waals surface area contributed by atoms with Crippen LogP contribution in [0.5, 0.6) is 5.75 Å². The van der Waals surface area contributed by atoms with Crippen molar-refractivity contribution in [2.24, 2.45) is 0 Å². The maximum atomic E-state index is 12.7. The number of carbonyl (C=O) groups excluding carboxylic acids is 1. The Bertz CT molecular complexity index is 895. The van der Waals surface area contributed by atoms with E-state index in [0.29, 0.717) is 24.0 Å². The second kappa shape index (κ2) is 6.91. The Morgan fingerprint density at radius 2 is 2.12 bits per heavy atom. The lowest BCUT2D eigenvalue weighted by atomic mass is 10.2. The van der Waals surface area contributed by atoms with E-state index in [0.717, 1.165) is 24.2 Å². The van der Waals surface area contributed by atoms with Crippen molar-refractivity contribution in [2.45, 2.75) is 18.9 Å². The van der Waals surface area contributed by atoms with Crippen molar-refractivity contribution < 1.29 is 14.1 Å². The van der Waals surface area contributed by atoms with Gasteiger partial charge in [-0.25, -0.2) is 4.98 Å². The highest BCUT2D eigenvalue weighted by molar-refractivity contribution is 5.92. The summed E-state index contributed by atoms with van der Waals surface area (Å²) in [4.78, 5) is 27.0. The van der Waals surface area contributed by atoms with Gasteiger partial charge in [0.05, 0.1) is 13.3 Å². The molecule has 0 aliphatic carbocycles. The predicted octanol–water partition coefficient (Wildman–Crippen LogP) is 2.51. The molecule has 26 heavy (non-hydrogen) atoms. The molecule has 2 aromatic heterocycles. The molecule has 1 amide bonds. The van der Waals surface area contributed by atoms with E-state index in [1.807, 2.05) is 24.3 Å². The monoisotopic (exact) mass is 351 g/mol. The number of benzene rings is 1. The SMILES string of the molecule is COc1ccc(-c2noc([C@@H]3CCCN3C(=O)c3cnccn3)n2)cc1. The molecule has 0 bridgehead atoms. The quantitative estimate of drug-likeness (QED) is 0.713. The molecule has 0 radical (unpaired) electrons. The van der Waals surface area contributed by atoms with Crippen LogP contribution < -0.4 is 4.74 Å². The molecule has 0 unspecified atom stereocenters. The zero-order valence-electron chi connectivity index (χ0n) is 14.2. The summed E-state index contributed by atoms with van der Waals surface area (Å²) in [5.74, 6) is 1.51. The van der Waals surface area contributed by atoms with Crippen molar-refractivity contribution >= 4 is 5.91 Å². The average molecular weight is 351 g/mol. The first-order valence-corrected chi connectivity index (χ1v) is 8.31. The molecule has 1 aliphatic heterocycles. The largest absolute Gasteiger partial charge is 0.497 e. The summed E-state index contributed by atoms with van der Waals surface area (Å²) in [6.07, 6.45) is 6.16. The fourth-order valence-electron chi connectivity index (χ4n) is 3.05. The third kappa shape index (κ3) is 3.01. The zero-order valence-corrected chi connectivity index (χ0v) is 14.2. The molecule has 4 rings (SSSR count). The molecule has 1 atom stereocenters. The minimum Gasteiger partial charge on any atom is -0.497 e. The summed E-state index contributed by atoms with van der Waals surface area (Å²) in [5.41, 5.74) is 1.14. The minimum absolute atomic E-state index is 0.176. The summed E-state index contributed by atoms with van der Waals surface area (Å²) < 4.78 is 10.6. The third-order valence-corrected chi connectivity index (χ3v) is 4.37. The van der Waals surface area contributed by atoms with Crippen LogP contribution in [0, 0.1) is 0 Å². The minimum atomic E-state index is -0.246. The normalized spacial score (nSPS) is 16.7. The van der Waals surface area contributed by atoms with Gasteiger partial charge in [0.2, 0.25) is 11.7 Å². The molecular formula is C18H17N5O3. The molecule has 132 valence electrons. The summed E-state index contributed by atoms with van der Waals surface area (Å²) in [5, 5.41) is 4.06. The second-order valence-corrected chi connectivity index (χ2v) is 5.93. The zero-order chi connectivity index (χ0) is 17.9. The average Bonchev–Trinajstić information content (AvgIpc) is 3.37. The lowest BCUT2D eigenvalue weighted by molar-refractivity contribution is 0.0703. The molecule has 3 aromatic rings. The van der Waals surface area contributed by atoms with E-state index in [1.165, 1.54) is 18.6 Å². The Kier molecular flexibility index (Phi) is 4.30. The van der Waals surface area contributed by atoms with Crippen LogP contribution in [0.25, 0.3) is 11.4 Å². The van der Waals surface area contributed by atoms with Gasteiger partial charge in [-0.05, 0) is 37.1 Å². The van der Waals surface area contributed by atoms with Crippen molar-refractivity contribution in [3.8, 4) is 17.1 Å². The van der Waals surface area contributed by atoms with Gasteiger partial charge in [-0.3, -0.25) is 9.78 Å². The lowest BCUT2D eigenvalue weighted by Crippen LogP contribution is -2.31. The number of nitrogens with zero attached hydrogens (tertiary/aromatic N) is 5. The van der Waals surface area contributed by atoms with Crippen LogP contribution in [0.2, 0.25) is 0 Å². The fraction of sp³-hybridized carbons (Fsp3) is 0.278. The number of likely N-dealkylation sites (tertiary alicyclic amines) is 1. The molecule has 0 N–H and O–H groups in total. The van der Waals surface area contributed by atoms with Crippen molar-refractivity contribution in [3.63, 3.8) is 0 Å². The van der Waals surface area contributed by atoms with Crippen LogP contribution in [-0.2, 0) is 0 Å². The van der Waals surface area contributed by atoms with Crippen LogP contribution in [0.1, 0.15) is 35.3 Å². The van der Waals surface area contributed by atoms with E-state index in [9.17, 15) is 4.79 Å². The number of rotatable bonds is 4. The van der Waals surface area contributed by atoms with Gasteiger partial charge < -0.3 is 14.2 Å². The number of ether oxygens (including phenoxy) is 1. The Morgan fingerprint density at radius 1 is 1.27 bits per heavy atom. The van der Waals surface area contributed by atoms with Crippen LogP contribution in [0.4, 0.5) is 0 Å². The maximum Gasteiger partial charge on any atom is 0.274 e. The molecular weight excluding hydrogens is 334 g/mol. The third-order valence-electron chi connectivity index (χ3n) is 4.37. The predicted molar refractivity (Wildman–Crippen MR) is 91.3 cm³/mol. The van der Waals surface area contributed by atoms with Gasteiger partial charge in [-0.15, -0.1) is 0 Å². The summed E-state index contributed by atoms with van der Waals surface area (Å²) >= 11 is 0. The Hall–Kier alpha value is -3.29. The van der Waals surface area contributed by atoms with E-state index in [4.69, 9.17) is 9.26 Å². The van der Waals surface area contributed by atoms with Crippen LogP contribution in [0.15, 0.2) is 47.4 Å². The highest BCUT2D eigenvalue weighted by atomic mass is 16.5. The van der Waals surface area contributed by atoms with E-state index in [1.54, 1.807) is 12.0 Å². The van der Waals surface area contributed by atoms with Gasteiger partial charge in [-0.2, -0.15) is 4.98 Å². The van der Waals surface area contributed by atoms with Gasteiger partial charge in [0.25, 0.3) is 5.91 Å². The van der Waals surface area contributed by atoms with Crippen LogP contribution in [0.3, 0.4) is 0 Å². The van der Waals surface area contributed by atoms with Crippen LogP contribution in [-0.4, -0.2) is 44.6 Å². The van der Waals surface area contributed by atoms with Crippen molar-refractivity contribution in [1.82, 2.24) is 25.0 Å². The van der Waals surface area contributed by atoms with Gasteiger partial charge in [-0.1, -0.05) is 5.16 Å². The number of carbonyl (C=O) groups is 1.